The van der Waals surface area contributed by atoms with E-state index in [-0.39, 0.29) is 11.6 Å². The first-order chi connectivity index (χ1) is 9.08. The molecule has 0 aliphatic heterocycles. The Kier molecular flexibility index (Phi) is 3.69. The molecular formula is C13H17N3O3. The van der Waals surface area contributed by atoms with E-state index in [9.17, 15) is 14.9 Å². The molecule has 102 valence electrons. The van der Waals surface area contributed by atoms with Crippen LogP contribution in [0.2, 0.25) is 0 Å². The smallest absolute Gasteiger partial charge is 0.270 e. The van der Waals surface area contributed by atoms with E-state index in [0.717, 1.165) is 12.8 Å². The van der Waals surface area contributed by atoms with Gasteiger partial charge in [0.05, 0.1) is 10.5 Å². The van der Waals surface area contributed by atoms with Gasteiger partial charge in [0.25, 0.3) is 11.6 Å². The van der Waals surface area contributed by atoms with Crippen LogP contribution in [-0.4, -0.2) is 35.4 Å². The first kappa shape index (κ1) is 13.3. The van der Waals surface area contributed by atoms with Crippen molar-refractivity contribution >= 4 is 17.3 Å². The van der Waals surface area contributed by atoms with Gasteiger partial charge in [-0.2, -0.15) is 0 Å². The molecular weight excluding hydrogens is 246 g/mol. The summed E-state index contributed by atoms with van der Waals surface area (Å²) in [5.41, 5.74) is 0.925. The van der Waals surface area contributed by atoms with E-state index in [0.29, 0.717) is 23.8 Å². The van der Waals surface area contributed by atoms with Crippen molar-refractivity contribution in [2.24, 2.45) is 0 Å². The zero-order valence-corrected chi connectivity index (χ0v) is 11.0. The minimum atomic E-state index is -0.483. The standard InChI is InChI=1S/C13H17N3O3/c1-3-15(9-4-5-9)13(17)11-8-10(16(18)19)6-7-12(11)14-2/h6-9,14H,3-5H2,1-2H3. The predicted molar refractivity (Wildman–Crippen MR) is 72.4 cm³/mol. The molecule has 0 spiro atoms. The molecule has 6 heteroatoms. The van der Waals surface area contributed by atoms with Gasteiger partial charge in [0.15, 0.2) is 0 Å². The number of hydrogen-bond acceptors (Lipinski definition) is 4. The molecule has 19 heavy (non-hydrogen) atoms. The van der Waals surface area contributed by atoms with Crippen LogP contribution in [0.25, 0.3) is 0 Å². The molecule has 1 aromatic rings. The van der Waals surface area contributed by atoms with Crippen molar-refractivity contribution < 1.29 is 9.72 Å². The molecule has 1 saturated carbocycles. The van der Waals surface area contributed by atoms with Gasteiger partial charge >= 0.3 is 0 Å². The largest absolute Gasteiger partial charge is 0.387 e. The second kappa shape index (κ2) is 5.26. The molecule has 0 radical (unpaired) electrons. The highest BCUT2D eigenvalue weighted by Crippen LogP contribution is 2.30. The molecule has 1 aromatic carbocycles. The Morgan fingerprint density at radius 1 is 1.53 bits per heavy atom. The number of nitro benzene ring substituents is 1. The summed E-state index contributed by atoms with van der Waals surface area (Å²) in [5.74, 6) is -0.141. The molecule has 0 heterocycles. The number of nitrogens with zero attached hydrogens (tertiary/aromatic N) is 2. The first-order valence-corrected chi connectivity index (χ1v) is 6.35. The summed E-state index contributed by atoms with van der Waals surface area (Å²) in [6.07, 6.45) is 2.03. The normalized spacial score (nSPS) is 14.0. The monoisotopic (exact) mass is 263 g/mol. The lowest BCUT2D eigenvalue weighted by atomic mass is 10.1. The van der Waals surface area contributed by atoms with Crippen LogP contribution < -0.4 is 5.32 Å². The molecule has 1 aliphatic rings. The molecule has 0 bridgehead atoms. The summed E-state index contributed by atoms with van der Waals surface area (Å²) in [5, 5.41) is 13.7. The summed E-state index contributed by atoms with van der Waals surface area (Å²) in [7, 11) is 1.70. The van der Waals surface area contributed by atoms with Crippen molar-refractivity contribution in [3.63, 3.8) is 0 Å². The average Bonchev–Trinajstić information content (AvgIpc) is 3.23. The summed E-state index contributed by atoms with van der Waals surface area (Å²) < 4.78 is 0. The number of hydrogen-bond donors (Lipinski definition) is 1. The predicted octanol–water partition coefficient (Wildman–Crippen LogP) is 2.26. The van der Waals surface area contributed by atoms with Crippen LogP contribution in [-0.2, 0) is 0 Å². The number of amides is 1. The third-order valence-corrected chi connectivity index (χ3v) is 3.30. The quantitative estimate of drug-likeness (QED) is 0.653. The highest BCUT2D eigenvalue weighted by atomic mass is 16.6. The number of carbonyl (C=O) groups excluding carboxylic acids is 1. The van der Waals surface area contributed by atoms with Crippen LogP contribution in [0.15, 0.2) is 18.2 Å². The van der Waals surface area contributed by atoms with Crippen molar-refractivity contribution in [3.8, 4) is 0 Å². The second-order valence-corrected chi connectivity index (χ2v) is 4.56. The molecule has 0 aromatic heterocycles. The highest BCUT2D eigenvalue weighted by Gasteiger charge is 2.33. The zero-order valence-electron chi connectivity index (χ0n) is 11.0. The maximum atomic E-state index is 12.5. The number of nitro groups is 1. The van der Waals surface area contributed by atoms with Crippen LogP contribution in [0.5, 0.6) is 0 Å². The summed E-state index contributed by atoms with van der Waals surface area (Å²) in [4.78, 5) is 24.6. The summed E-state index contributed by atoms with van der Waals surface area (Å²) in [6.45, 7) is 2.54. The van der Waals surface area contributed by atoms with Crippen LogP contribution >= 0.6 is 0 Å². The Morgan fingerprint density at radius 2 is 2.21 bits per heavy atom. The fourth-order valence-corrected chi connectivity index (χ4v) is 2.15. The average molecular weight is 263 g/mol. The van der Waals surface area contributed by atoms with Crippen molar-refractivity contribution in [1.29, 1.82) is 0 Å². The number of non-ortho nitro benzene ring substituents is 1. The van der Waals surface area contributed by atoms with Gasteiger partial charge in [-0.3, -0.25) is 14.9 Å². The minimum absolute atomic E-state index is 0.0609. The highest BCUT2D eigenvalue weighted by molar-refractivity contribution is 6.00. The number of nitrogens with one attached hydrogen (secondary N) is 1. The van der Waals surface area contributed by atoms with Gasteiger partial charge in [0.2, 0.25) is 0 Å². The van der Waals surface area contributed by atoms with E-state index in [1.165, 1.54) is 12.1 Å². The lowest BCUT2D eigenvalue weighted by Crippen LogP contribution is -2.33. The Balaban J connectivity index is 2.37. The molecule has 1 N–H and O–H groups in total. The maximum Gasteiger partial charge on any atom is 0.270 e. The van der Waals surface area contributed by atoms with Crippen LogP contribution in [0.4, 0.5) is 11.4 Å². The van der Waals surface area contributed by atoms with Gasteiger partial charge in [-0.15, -0.1) is 0 Å². The van der Waals surface area contributed by atoms with E-state index in [4.69, 9.17) is 0 Å². The van der Waals surface area contributed by atoms with Crippen molar-refractivity contribution in [2.75, 3.05) is 18.9 Å². The molecule has 0 atom stereocenters. The van der Waals surface area contributed by atoms with Gasteiger partial charge in [0, 0.05) is 37.5 Å². The lowest BCUT2D eigenvalue weighted by Gasteiger charge is -2.21. The number of anilines is 1. The molecule has 1 amide bonds. The topological polar surface area (TPSA) is 75.5 Å². The number of carbonyl (C=O) groups is 1. The molecule has 1 aliphatic carbocycles. The van der Waals surface area contributed by atoms with E-state index in [2.05, 4.69) is 5.32 Å². The molecule has 0 unspecified atom stereocenters. The van der Waals surface area contributed by atoms with Crippen LogP contribution in [0.3, 0.4) is 0 Å². The van der Waals surface area contributed by atoms with E-state index >= 15 is 0 Å². The minimum Gasteiger partial charge on any atom is -0.387 e. The second-order valence-electron chi connectivity index (χ2n) is 4.56. The van der Waals surface area contributed by atoms with E-state index in [1.807, 2.05) is 6.92 Å². The van der Waals surface area contributed by atoms with Crippen molar-refractivity contribution in [1.82, 2.24) is 4.90 Å². The first-order valence-electron chi connectivity index (χ1n) is 6.35. The molecule has 1 fully saturated rings. The van der Waals surface area contributed by atoms with Gasteiger partial charge in [-0.05, 0) is 25.8 Å². The fraction of sp³-hybridized carbons (Fsp3) is 0.462. The van der Waals surface area contributed by atoms with Gasteiger partial charge in [-0.25, -0.2) is 0 Å². The van der Waals surface area contributed by atoms with E-state index < -0.39 is 4.92 Å². The van der Waals surface area contributed by atoms with Gasteiger partial charge in [0.1, 0.15) is 0 Å². The molecule has 6 nitrogen and oxygen atoms in total. The Bertz CT molecular complexity index is 512. The third kappa shape index (κ3) is 2.67. The van der Waals surface area contributed by atoms with Crippen molar-refractivity contribution in [2.45, 2.75) is 25.8 Å². The molecule has 0 saturated heterocycles. The fourth-order valence-electron chi connectivity index (χ4n) is 2.15. The Morgan fingerprint density at radius 3 is 2.68 bits per heavy atom. The van der Waals surface area contributed by atoms with Crippen LogP contribution in [0.1, 0.15) is 30.1 Å². The Hall–Kier alpha value is -2.11. The zero-order chi connectivity index (χ0) is 14.0. The van der Waals surface area contributed by atoms with Crippen molar-refractivity contribution in [3.05, 3.63) is 33.9 Å². The Labute approximate surface area is 111 Å². The third-order valence-electron chi connectivity index (χ3n) is 3.30. The van der Waals surface area contributed by atoms with Gasteiger partial charge in [-0.1, -0.05) is 0 Å². The van der Waals surface area contributed by atoms with Crippen LogP contribution in [0, 0.1) is 10.1 Å². The number of benzene rings is 1. The SMILES string of the molecule is CCN(C(=O)c1cc([N+](=O)[O-])ccc1NC)C1CC1. The van der Waals surface area contributed by atoms with E-state index in [1.54, 1.807) is 18.0 Å². The summed E-state index contributed by atoms with van der Waals surface area (Å²) >= 11 is 0. The van der Waals surface area contributed by atoms with Gasteiger partial charge < -0.3 is 10.2 Å². The lowest BCUT2D eigenvalue weighted by molar-refractivity contribution is -0.384. The maximum absolute atomic E-state index is 12.5. The molecule has 2 rings (SSSR count). The summed E-state index contributed by atoms with van der Waals surface area (Å²) in [6, 6.07) is 4.61. The number of rotatable bonds is 5.